The van der Waals surface area contributed by atoms with Crippen molar-refractivity contribution in [3.8, 4) is 5.75 Å². The van der Waals surface area contributed by atoms with E-state index in [4.69, 9.17) is 4.74 Å². The lowest BCUT2D eigenvalue weighted by Crippen LogP contribution is -2.49. The van der Waals surface area contributed by atoms with Crippen molar-refractivity contribution < 1.29 is 13.9 Å². The molecule has 0 radical (unpaired) electrons. The Labute approximate surface area is 182 Å². The zero-order valence-corrected chi connectivity index (χ0v) is 18.0. The molecule has 0 atom stereocenters. The van der Waals surface area contributed by atoms with Crippen molar-refractivity contribution in [1.29, 1.82) is 0 Å². The molecule has 1 aromatic heterocycles. The van der Waals surface area contributed by atoms with Crippen molar-refractivity contribution >= 4 is 12.1 Å². The zero-order chi connectivity index (χ0) is 21.8. The number of hydrogen-bond acceptors (Lipinski definition) is 4. The summed E-state index contributed by atoms with van der Waals surface area (Å²) < 4.78 is 19.2. The van der Waals surface area contributed by atoms with E-state index < -0.39 is 0 Å². The maximum absolute atomic E-state index is 13.2. The minimum atomic E-state index is -0.379. The monoisotopic (exact) mass is 424 g/mol. The van der Waals surface area contributed by atoms with Gasteiger partial charge in [-0.25, -0.2) is 9.18 Å². The number of fused-ring (bicyclic) bond motifs is 1. The highest BCUT2D eigenvalue weighted by Gasteiger charge is 2.26. The average molecular weight is 425 g/mol. The molecule has 0 saturated carbocycles. The van der Waals surface area contributed by atoms with Gasteiger partial charge in [0, 0.05) is 18.2 Å². The molecule has 0 aliphatic carbocycles. The van der Waals surface area contributed by atoms with Crippen LogP contribution in [0.1, 0.15) is 43.5 Å². The molecule has 1 aromatic carbocycles. The molecular formula is C24H29FN4O2. The number of aromatic nitrogens is 1. The van der Waals surface area contributed by atoms with Crippen LogP contribution in [0.2, 0.25) is 0 Å². The average Bonchev–Trinajstić information content (AvgIpc) is 2.77. The number of nitrogens with zero attached hydrogens (tertiary/aromatic N) is 2. The summed E-state index contributed by atoms with van der Waals surface area (Å²) in [6.07, 6.45) is 7.05. The Bertz CT molecular complexity index is 953. The molecule has 1 saturated heterocycles. The van der Waals surface area contributed by atoms with Crippen LogP contribution < -0.4 is 15.4 Å². The molecule has 0 bridgehead atoms. The van der Waals surface area contributed by atoms with Gasteiger partial charge in [0.2, 0.25) is 0 Å². The number of nitrogens with one attached hydrogen (secondary N) is 2. The van der Waals surface area contributed by atoms with Gasteiger partial charge < -0.3 is 20.3 Å². The van der Waals surface area contributed by atoms with E-state index in [9.17, 15) is 9.18 Å². The summed E-state index contributed by atoms with van der Waals surface area (Å²) in [6, 6.07) is 8.97. The summed E-state index contributed by atoms with van der Waals surface area (Å²) in [7, 11) is 0. The van der Waals surface area contributed by atoms with Crippen LogP contribution in [-0.4, -0.2) is 40.6 Å². The fourth-order valence-corrected chi connectivity index (χ4v) is 3.98. The number of carbonyl (C=O) groups excluding carboxylic acids is 1. The molecule has 31 heavy (non-hydrogen) atoms. The number of ether oxygens (including phenoxy) is 1. The van der Waals surface area contributed by atoms with E-state index in [1.165, 1.54) is 12.3 Å². The second-order valence-electron chi connectivity index (χ2n) is 8.65. The molecule has 2 aliphatic heterocycles. The highest BCUT2D eigenvalue weighted by Crippen LogP contribution is 2.31. The highest BCUT2D eigenvalue weighted by atomic mass is 19.1. The van der Waals surface area contributed by atoms with E-state index in [1.54, 1.807) is 6.07 Å². The number of pyridine rings is 1. The maximum atomic E-state index is 13.2. The van der Waals surface area contributed by atoms with Crippen molar-refractivity contribution in [2.45, 2.75) is 51.4 Å². The SMILES string of the molecule is CC1(C)C=Cc2cc(CNC(=O)N(Cc3ccc(F)cn3)C3CCNCC3)ccc2O1. The predicted molar refractivity (Wildman–Crippen MR) is 118 cm³/mol. The van der Waals surface area contributed by atoms with Crippen molar-refractivity contribution in [3.05, 3.63) is 65.2 Å². The molecule has 2 N–H and O–H groups in total. The van der Waals surface area contributed by atoms with Crippen LogP contribution in [0, 0.1) is 5.82 Å². The van der Waals surface area contributed by atoms with Gasteiger partial charge in [0.15, 0.2) is 0 Å². The van der Waals surface area contributed by atoms with E-state index in [1.807, 2.05) is 43.0 Å². The number of rotatable bonds is 5. The number of piperidine rings is 1. The van der Waals surface area contributed by atoms with Gasteiger partial charge in [-0.3, -0.25) is 4.98 Å². The Hall–Kier alpha value is -2.93. The first-order valence-corrected chi connectivity index (χ1v) is 10.8. The van der Waals surface area contributed by atoms with Gasteiger partial charge in [-0.1, -0.05) is 12.1 Å². The Balaban J connectivity index is 1.44. The molecule has 1 fully saturated rings. The second kappa shape index (κ2) is 9.06. The highest BCUT2D eigenvalue weighted by molar-refractivity contribution is 5.74. The lowest BCUT2D eigenvalue weighted by atomic mass is 10.0. The summed E-state index contributed by atoms with van der Waals surface area (Å²) in [5, 5.41) is 6.38. The molecule has 0 unspecified atom stereocenters. The van der Waals surface area contributed by atoms with E-state index in [0.717, 1.165) is 42.8 Å². The summed E-state index contributed by atoms with van der Waals surface area (Å²) >= 11 is 0. The summed E-state index contributed by atoms with van der Waals surface area (Å²) in [5.74, 6) is 0.469. The Morgan fingerprint density at radius 1 is 1.29 bits per heavy atom. The second-order valence-corrected chi connectivity index (χ2v) is 8.65. The van der Waals surface area contributed by atoms with Crippen molar-refractivity contribution in [3.63, 3.8) is 0 Å². The lowest BCUT2D eigenvalue weighted by molar-refractivity contribution is 0.153. The molecule has 2 amide bonds. The van der Waals surface area contributed by atoms with Crippen LogP contribution in [0.4, 0.5) is 9.18 Å². The summed E-state index contributed by atoms with van der Waals surface area (Å²) in [5.41, 5.74) is 2.38. The van der Waals surface area contributed by atoms with E-state index in [2.05, 4.69) is 21.7 Å². The number of benzene rings is 1. The Morgan fingerprint density at radius 2 is 2.10 bits per heavy atom. The minimum absolute atomic E-state index is 0.121. The van der Waals surface area contributed by atoms with Gasteiger partial charge in [-0.2, -0.15) is 0 Å². The predicted octanol–water partition coefficient (Wildman–Crippen LogP) is 3.87. The first-order chi connectivity index (χ1) is 14.9. The van der Waals surface area contributed by atoms with Gasteiger partial charge in [0.1, 0.15) is 17.2 Å². The van der Waals surface area contributed by atoms with Gasteiger partial charge >= 0.3 is 6.03 Å². The molecule has 6 nitrogen and oxygen atoms in total. The molecule has 3 heterocycles. The first-order valence-electron chi connectivity index (χ1n) is 10.8. The number of halogens is 1. The number of hydrogen-bond donors (Lipinski definition) is 2. The molecule has 164 valence electrons. The van der Waals surface area contributed by atoms with Gasteiger partial charge in [-0.15, -0.1) is 0 Å². The molecule has 2 aliphatic rings. The third kappa shape index (κ3) is 5.41. The quantitative estimate of drug-likeness (QED) is 0.765. The third-order valence-electron chi connectivity index (χ3n) is 5.69. The van der Waals surface area contributed by atoms with Gasteiger partial charge in [0.25, 0.3) is 0 Å². The molecule has 0 spiro atoms. The van der Waals surface area contributed by atoms with Crippen molar-refractivity contribution in [2.75, 3.05) is 13.1 Å². The van der Waals surface area contributed by atoms with Gasteiger partial charge in [-0.05, 0) is 75.7 Å². The van der Waals surface area contributed by atoms with Crippen LogP contribution in [0.3, 0.4) is 0 Å². The summed E-state index contributed by atoms with van der Waals surface area (Å²) in [4.78, 5) is 19.1. The van der Waals surface area contributed by atoms with Crippen LogP contribution >= 0.6 is 0 Å². The van der Waals surface area contributed by atoms with Crippen LogP contribution in [0.25, 0.3) is 6.08 Å². The maximum Gasteiger partial charge on any atom is 0.318 e. The largest absolute Gasteiger partial charge is 0.483 e. The standard InChI is InChI=1S/C24H29FN4O2/c1-24(2)10-7-18-13-17(3-6-22(18)31-24)14-28-23(30)29(21-8-11-26-12-9-21)16-20-5-4-19(25)15-27-20/h3-7,10,13,15,21,26H,8-9,11-12,14,16H2,1-2H3,(H,28,30). The number of carbonyl (C=O) groups is 1. The first kappa shape index (κ1) is 21.3. The number of amides is 2. The Morgan fingerprint density at radius 3 is 2.84 bits per heavy atom. The van der Waals surface area contributed by atoms with E-state index >= 15 is 0 Å². The normalized spacial score (nSPS) is 17.5. The zero-order valence-electron chi connectivity index (χ0n) is 18.0. The fourth-order valence-electron chi connectivity index (χ4n) is 3.98. The molecule has 7 heteroatoms. The Kier molecular flexibility index (Phi) is 6.23. The minimum Gasteiger partial charge on any atom is -0.483 e. The number of urea groups is 1. The van der Waals surface area contributed by atoms with Crippen molar-refractivity contribution in [2.24, 2.45) is 0 Å². The van der Waals surface area contributed by atoms with E-state index in [0.29, 0.717) is 18.8 Å². The fraction of sp³-hybridized carbons (Fsp3) is 0.417. The lowest BCUT2D eigenvalue weighted by Gasteiger charge is -2.34. The van der Waals surface area contributed by atoms with Gasteiger partial charge in [0.05, 0.1) is 18.4 Å². The molecular weight excluding hydrogens is 395 g/mol. The van der Waals surface area contributed by atoms with Crippen LogP contribution in [0.5, 0.6) is 5.75 Å². The topological polar surface area (TPSA) is 66.5 Å². The third-order valence-corrected chi connectivity index (χ3v) is 5.69. The van der Waals surface area contributed by atoms with Crippen LogP contribution in [-0.2, 0) is 13.1 Å². The van der Waals surface area contributed by atoms with E-state index in [-0.39, 0.29) is 23.5 Å². The smallest absolute Gasteiger partial charge is 0.318 e. The molecule has 2 aromatic rings. The summed E-state index contributed by atoms with van der Waals surface area (Å²) in [6.45, 7) is 6.56. The van der Waals surface area contributed by atoms with Crippen molar-refractivity contribution in [1.82, 2.24) is 20.5 Å². The molecule has 4 rings (SSSR count). The van der Waals surface area contributed by atoms with Crippen LogP contribution in [0.15, 0.2) is 42.6 Å².